The number of carbonyl (C=O) groups excluding carboxylic acids is 3. The van der Waals surface area contributed by atoms with E-state index in [1.165, 1.54) is 4.90 Å². The van der Waals surface area contributed by atoms with Gasteiger partial charge in [-0.25, -0.2) is 0 Å². The van der Waals surface area contributed by atoms with E-state index in [1.54, 1.807) is 25.2 Å². The molecule has 0 fully saturated rings. The molecule has 0 unspecified atom stereocenters. The standard InChI is InChI=1S/C15H19N3O3/c1-9(2)8-16-13(19)14(20)17-12-10-6-4-5-7-11(10)18(3)15(12)21/h4-7,9,12H,8H2,1-3H3,(H,16,19)(H,17,20)/t12-/m0/s1. The average Bonchev–Trinajstić information content (AvgIpc) is 2.70. The number of para-hydroxylation sites is 1. The van der Waals surface area contributed by atoms with E-state index in [0.717, 1.165) is 5.69 Å². The molecule has 1 heterocycles. The number of nitrogens with zero attached hydrogens (tertiary/aromatic N) is 1. The van der Waals surface area contributed by atoms with Crippen molar-refractivity contribution >= 4 is 23.4 Å². The molecule has 0 spiro atoms. The first kappa shape index (κ1) is 15.0. The van der Waals surface area contributed by atoms with Crippen LogP contribution in [0.15, 0.2) is 24.3 Å². The minimum atomic E-state index is -0.802. The van der Waals surface area contributed by atoms with E-state index < -0.39 is 17.9 Å². The summed E-state index contributed by atoms with van der Waals surface area (Å²) < 4.78 is 0. The molecule has 1 atom stereocenters. The molecule has 0 saturated carbocycles. The molecule has 2 rings (SSSR count). The number of likely N-dealkylation sites (N-methyl/N-ethyl adjacent to an activating group) is 1. The number of rotatable bonds is 3. The number of fused-ring (bicyclic) bond motifs is 1. The van der Waals surface area contributed by atoms with Gasteiger partial charge in [-0.05, 0) is 12.0 Å². The lowest BCUT2D eigenvalue weighted by Crippen LogP contribution is -2.44. The average molecular weight is 289 g/mol. The third-order valence-electron chi connectivity index (χ3n) is 3.34. The first-order chi connectivity index (χ1) is 9.91. The van der Waals surface area contributed by atoms with Crippen LogP contribution in [-0.4, -0.2) is 31.3 Å². The van der Waals surface area contributed by atoms with Gasteiger partial charge in [0.15, 0.2) is 0 Å². The summed E-state index contributed by atoms with van der Waals surface area (Å²) in [4.78, 5) is 37.2. The predicted molar refractivity (Wildman–Crippen MR) is 78.6 cm³/mol. The van der Waals surface area contributed by atoms with Crippen LogP contribution in [0.3, 0.4) is 0 Å². The molecule has 0 bridgehead atoms. The molecule has 3 amide bonds. The highest BCUT2D eigenvalue weighted by atomic mass is 16.2. The summed E-state index contributed by atoms with van der Waals surface area (Å²) in [5.41, 5.74) is 1.45. The van der Waals surface area contributed by atoms with E-state index in [2.05, 4.69) is 10.6 Å². The molecule has 0 radical (unpaired) electrons. The van der Waals surface area contributed by atoms with Crippen molar-refractivity contribution in [3.05, 3.63) is 29.8 Å². The summed E-state index contributed by atoms with van der Waals surface area (Å²) in [7, 11) is 1.64. The van der Waals surface area contributed by atoms with Crippen LogP contribution in [0.4, 0.5) is 5.69 Å². The Morgan fingerprint density at radius 1 is 1.24 bits per heavy atom. The zero-order valence-electron chi connectivity index (χ0n) is 12.3. The fraction of sp³-hybridized carbons (Fsp3) is 0.400. The highest BCUT2D eigenvalue weighted by Gasteiger charge is 2.36. The Bertz CT molecular complexity index is 583. The number of hydrogen-bond donors (Lipinski definition) is 2. The largest absolute Gasteiger partial charge is 0.348 e. The third kappa shape index (κ3) is 3.04. The lowest BCUT2D eigenvalue weighted by Gasteiger charge is -2.13. The fourth-order valence-corrected chi connectivity index (χ4v) is 2.20. The second kappa shape index (κ2) is 5.95. The topological polar surface area (TPSA) is 78.5 Å². The zero-order chi connectivity index (χ0) is 15.6. The van der Waals surface area contributed by atoms with Crippen molar-refractivity contribution in [3.8, 4) is 0 Å². The normalized spacial score (nSPS) is 16.9. The summed E-state index contributed by atoms with van der Waals surface area (Å²) in [5, 5.41) is 5.03. The van der Waals surface area contributed by atoms with Crippen LogP contribution in [0.5, 0.6) is 0 Å². The maximum atomic E-state index is 12.2. The van der Waals surface area contributed by atoms with Crippen LogP contribution in [0.2, 0.25) is 0 Å². The number of nitrogens with one attached hydrogen (secondary N) is 2. The maximum absolute atomic E-state index is 12.2. The lowest BCUT2D eigenvalue weighted by molar-refractivity contribution is -0.140. The lowest BCUT2D eigenvalue weighted by atomic mass is 10.1. The molecule has 6 nitrogen and oxygen atoms in total. The van der Waals surface area contributed by atoms with Gasteiger partial charge in [-0.1, -0.05) is 32.0 Å². The van der Waals surface area contributed by atoms with Crippen molar-refractivity contribution < 1.29 is 14.4 Å². The second-order valence-electron chi connectivity index (χ2n) is 5.47. The predicted octanol–water partition coefficient (Wildman–Crippen LogP) is 0.593. The van der Waals surface area contributed by atoms with Crippen molar-refractivity contribution in [1.82, 2.24) is 10.6 Å². The minimum absolute atomic E-state index is 0.249. The molecule has 1 aliphatic rings. The van der Waals surface area contributed by atoms with Gasteiger partial charge < -0.3 is 15.5 Å². The SMILES string of the molecule is CC(C)CNC(=O)C(=O)N[C@@H]1C(=O)N(C)c2ccccc21. The van der Waals surface area contributed by atoms with Gasteiger partial charge in [-0.15, -0.1) is 0 Å². The summed E-state index contributed by atoms with van der Waals surface area (Å²) >= 11 is 0. The monoisotopic (exact) mass is 289 g/mol. The van der Waals surface area contributed by atoms with Gasteiger partial charge in [0.1, 0.15) is 6.04 Å². The molecule has 0 aliphatic carbocycles. The Morgan fingerprint density at radius 3 is 2.57 bits per heavy atom. The van der Waals surface area contributed by atoms with Gasteiger partial charge in [0.25, 0.3) is 5.91 Å². The van der Waals surface area contributed by atoms with Gasteiger partial charge in [0.05, 0.1) is 0 Å². The van der Waals surface area contributed by atoms with E-state index in [9.17, 15) is 14.4 Å². The van der Waals surface area contributed by atoms with Gasteiger partial charge in [0.2, 0.25) is 0 Å². The van der Waals surface area contributed by atoms with E-state index in [-0.39, 0.29) is 11.8 Å². The van der Waals surface area contributed by atoms with Gasteiger partial charge >= 0.3 is 11.8 Å². The Labute approximate surface area is 123 Å². The number of benzene rings is 1. The summed E-state index contributed by atoms with van der Waals surface area (Å²) in [6.07, 6.45) is 0. The quantitative estimate of drug-likeness (QED) is 0.800. The zero-order valence-corrected chi connectivity index (χ0v) is 12.3. The Hall–Kier alpha value is -2.37. The Morgan fingerprint density at radius 2 is 1.90 bits per heavy atom. The van der Waals surface area contributed by atoms with Crippen LogP contribution in [0.25, 0.3) is 0 Å². The molecule has 2 N–H and O–H groups in total. The third-order valence-corrected chi connectivity index (χ3v) is 3.34. The smallest absolute Gasteiger partial charge is 0.310 e. The molecule has 1 aromatic carbocycles. The van der Waals surface area contributed by atoms with Crippen molar-refractivity contribution in [2.24, 2.45) is 5.92 Å². The van der Waals surface area contributed by atoms with Crippen LogP contribution in [0, 0.1) is 5.92 Å². The first-order valence-electron chi connectivity index (χ1n) is 6.87. The van der Waals surface area contributed by atoms with Crippen molar-refractivity contribution in [1.29, 1.82) is 0 Å². The summed E-state index contributed by atoms with van der Waals surface area (Å²) in [6, 6.07) is 6.39. The molecule has 21 heavy (non-hydrogen) atoms. The van der Waals surface area contributed by atoms with Crippen molar-refractivity contribution in [3.63, 3.8) is 0 Å². The van der Waals surface area contributed by atoms with Gasteiger partial charge in [0, 0.05) is 24.8 Å². The van der Waals surface area contributed by atoms with Gasteiger partial charge in [-0.3, -0.25) is 14.4 Å². The summed E-state index contributed by atoms with van der Waals surface area (Å²) in [6.45, 7) is 4.29. The fourth-order valence-electron chi connectivity index (χ4n) is 2.20. The van der Waals surface area contributed by atoms with Crippen molar-refractivity contribution in [2.75, 3.05) is 18.5 Å². The number of hydrogen-bond acceptors (Lipinski definition) is 3. The second-order valence-corrected chi connectivity index (χ2v) is 5.47. The van der Waals surface area contributed by atoms with E-state index in [1.807, 2.05) is 19.9 Å². The summed E-state index contributed by atoms with van der Waals surface area (Å²) in [5.74, 6) is -1.51. The molecular weight excluding hydrogens is 270 g/mol. The van der Waals surface area contributed by atoms with Gasteiger partial charge in [-0.2, -0.15) is 0 Å². The van der Waals surface area contributed by atoms with Crippen LogP contribution in [-0.2, 0) is 14.4 Å². The van der Waals surface area contributed by atoms with Crippen molar-refractivity contribution in [2.45, 2.75) is 19.9 Å². The van der Waals surface area contributed by atoms with E-state index in [0.29, 0.717) is 12.1 Å². The molecule has 0 aromatic heterocycles. The van der Waals surface area contributed by atoms with Crippen LogP contribution >= 0.6 is 0 Å². The highest BCUT2D eigenvalue weighted by molar-refractivity contribution is 6.35. The molecule has 112 valence electrons. The Balaban J connectivity index is 2.08. The first-order valence-corrected chi connectivity index (χ1v) is 6.87. The number of amides is 3. The van der Waals surface area contributed by atoms with Crippen LogP contribution < -0.4 is 15.5 Å². The van der Waals surface area contributed by atoms with E-state index >= 15 is 0 Å². The molecule has 0 saturated heterocycles. The Kier molecular flexibility index (Phi) is 4.26. The molecular formula is C15H19N3O3. The number of carbonyl (C=O) groups is 3. The highest BCUT2D eigenvalue weighted by Crippen LogP contribution is 2.34. The minimum Gasteiger partial charge on any atom is -0.348 e. The number of anilines is 1. The van der Waals surface area contributed by atoms with E-state index in [4.69, 9.17) is 0 Å². The molecule has 1 aromatic rings. The molecule has 1 aliphatic heterocycles. The van der Waals surface area contributed by atoms with Crippen LogP contribution in [0.1, 0.15) is 25.5 Å². The molecule has 6 heteroatoms. The maximum Gasteiger partial charge on any atom is 0.310 e.